The number of nitrogens with two attached hydrogens (primary N) is 1. The highest BCUT2D eigenvalue weighted by molar-refractivity contribution is 6.32. The third kappa shape index (κ3) is 2.25. The van der Waals surface area contributed by atoms with Crippen molar-refractivity contribution < 1.29 is 4.74 Å². The minimum Gasteiger partial charge on any atom is -0.436 e. The molecule has 2 aromatic rings. The van der Waals surface area contributed by atoms with Gasteiger partial charge in [0.15, 0.2) is 0 Å². The summed E-state index contributed by atoms with van der Waals surface area (Å²) in [5.41, 5.74) is 7.28. The number of hydrogen-bond donors (Lipinski definition) is 1. The molecule has 0 spiro atoms. The second kappa shape index (κ2) is 4.41. The van der Waals surface area contributed by atoms with Crippen LogP contribution in [0.5, 0.6) is 11.6 Å². The molecule has 0 fully saturated rings. The molecule has 0 radical (unpaired) electrons. The molecule has 0 bridgehead atoms. The summed E-state index contributed by atoms with van der Waals surface area (Å²) in [6.07, 6.45) is 1.62. The van der Waals surface area contributed by atoms with Crippen LogP contribution in [0.2, 0.25) is 5.02 Å². The molecule has 0 aliphatic heterocycles. The molecule has 2 rings (SSSR count). The molecular formula is C12H11ClN2O. The Labute approximate surface area is 98.8 Å². The van der Waals surface area contributed by atoms with Crippen molar-refractivity contribution in [1.29, 1.82) is 0 Å². The third-order valence-electron chi connectivity index (χ3n) is 2.09. The summed E-state index contributed by atoms with van der Waals surface area (Å²) in [5.74, 6) is 0.922. The average molecular weight is 235 g/mol. The molecule has 16 heavy (non-hydrogen) atoms. The van der Waals surface area contributed by atoms with Crippen molar-refractivity contribution in [3.63, 3.8) is 0 Å². The van der Waals surface area contributed by atoms with Crippen LogP contribution in [0.3, 0.4) is 0 Å². The van der Waals surface area contributed by atoms with Crippen molar-refractivity contribution in [3.05, 3.63) is 47.1 Å². The van der Waals surface area contributed by atoms with Gasteiger partial charge in [-0.3, -0.25) is 0 Å². The standard InChI is InChI=1S/C12H11ClN2O/c1-8-4-5-11(9(13)7-8)16-12-10(14)3-2-6-15-12/h2-7H,14H2,1H3. The van der Waals surface area contributed by atoms with Crippen molar-refractivity contribution in [2.45, 2.75) is 6.92 Å². The zero-order valence-electron chi connectivity index (χ0n) is 8.77. The van der Waals surface area contributed by atoms with E-state index >= 15 is 0 Å². The topological polar surface area (TPSA) is 48.1 Å². The molecular weight excluding hydrogens is 224 g/mol. The first-order valence-corrected chi connectivity index (χ1v) is 5.19. The second-order valence-electron chi connectivity index (χ2n) is 3.43. The van der Waals surface area contributed by atoms with Crippen LogP contribution in [-0.2, 0) is 0 Å². The number of nitrogen functional groups attached to an aromatic ring is 1. The number of halogens is 1. The first kappa shape index (κ1) is 10.8. The summed E-state index contributed by atoms with van der Waals surface area (Å²) in [6, 6.07) is 9.02. The molecule has 1 heterocycles. The Morgan fingerprint density at radius 3 is 2.81 bits per heavy atom. The maximum atomic E-state index is 6.04. The largest absolute Gasteiger partial charge is 0.436 e. The number of benzene rings is 1. The Balaban J connectivity index is 2.31. The molecule has 1 aromatic heterocycles. The number of hydrogen-bond acceptors (Lipinski definition) is 3. The molecule has 0 atom stereocenters. The molecule has 3 nitrogen and oxygen atoms in total. The van der Waals surface area contributed by atoms with Gasteiger partial charge in [-0.05, 0) is 36.8 Å². The molecule has 0 amide bonds. The van der Waals surface area contributed by atoms with Crippen LogP contribution < -0.4 is 10.5 Å². The van der Waals surface area contributed by atoms with Crippen LogP contribution in [-0.4, -0.2) is 4.98 Å². The van der Waals surface area contributed by atoms with Crippen LogP contribution in [0.4, 0.5) is 5.69 Å². The number of aromatic nitrogens is 1. The number of nitrogens with zero attached hydrogens (tertiary/aromatic N) is 1. The highest BCUT2D eigenvalue weighted by Gasteiger charge is 2.06. The molecule has 82 valence electrons. The van der Waals surface area contributed by atoms with E-state index in [4.69, 9.17) is 22.1 Å². The van der Waals surface area contributed by atoms with Gasteiger partial charge < -0.3 is 10.5 Å². The highest BCUT2D eigenvalue weighted by atomic mass is 35.5. The van der Waals surface area contributed by atoms with Gasteiger partial charge in [0.05, 0.1) is 10.7 Å². The van der Waals surface area contributed by atoms with Crippen LogP contribution in [0.1, 0.15) is 5.56 Å². The van der Waals surface area contributed by atoms with E-state index in [9.17, 15) is 0 Å². The molecule has 0 saturated heterocycles. The Morgan fingerprint density at radius 2 is 2.12 bits per heavy atom. The Kier molecular flexibility index (Phi) is 2.97. The van der Waals surface area contributed by atoms with E-state index in [1.54, 1.807) is 24.4 Å². The fraction of sp³-hybridized carbons (Fsp3) is 0.0833. The van der Waals surface area contributed by atoms with E-state index in [0.29, 0.717) is 22.3 Å². The second-order valence-corrected chi connectivity index (χ2v) is 3.84. The summed E-state index contributed by atoms with van der Waals surface area (Å²) in [4.78, 5) is 4.03. The minimum atomic E-state index is 0.369. The normalized spacial score (nSPS) is 10.1. The molecule has 0 saturated carbocycles. The van der Waals surface area contributed by atoms with Gasteiger partial charge in [-0.15, -0.1) is 0 Å². The first-order valence-electron chi connectivity index (χ1n) is 4.81. The number of rotatable bonds is 2. The average Bonchev–Trinajstić information content (AvgIpc) is 2.25. The van der Waals surface area contributed by atoms with Gasteiger partial charge in [0.1, 0.15) is 5.75 Å². The molecule has 0 aliphatic rings. The minimum absolute atomic E-state index is 0.369. The lowest BCUT2D eigenvalue weighted by molar-refractivity contribution is 0.466. The zero-order chi connectivity index (χ0) is 11.5. The van der Waals surface area contributed by atoms with Crippen molar-refractivity contribution in [2.75, 3.05) is 5.73 Å². The molecule has 4 heteroatoms. The maximum absolute atomic E-state index is 6.04. The highest BCUT2D eigenvalue weighted by Crippen LogP contribution is 2.31. The van der Waals surface area contributed by atoms with Gasteiger partial charge in [-0.1, -0.05) is 17.7 Å². The number of anilines is 1. The van der Waals surface area contributed by atoms with Gasteiger partial charge >= 0.3 is 0 Å². The van der Waals surface area contributed by atoms with E-state index < -0.39 is 0 Å². The monoisotopic (exact) mass is 234 g/mol. The molecule has 0 aliphatic carbocycles. The van der Waals surface area contributed by atoms with Crippen molar-refractivity contribution in [2.24, 2.45) is 0 Å². The van der Waals surface area contributed by atoms with E-state index in [1.165, 1.54) is 0 Å². The number of pyridine rings is 1. The predicted octanol–water partition coefficient (Wildman–Crippen LogP) is 3.42. The number of ether oxygens (including phenoxy) is 1. The fourth-order valence-electron chi connectivity index (χ4n) is 1.28. The van der Waals surface area contributed by atoms with Crippen LogP contribution >= 0.6 is 11.6 Å². The fourth-order valence-corrected chi connectivity index (χ4v) is 1.56. The quantitative estimate of drug-likeness (QED) is 0.866. The lowest BCUT2D eigenvalue weighted by atomic mass is 10.2. The smallest absolute Gasteiger partial charge is 0.242 e. The summed E-state index contributed by atoms with van der Waals surface area (Å²) in [5, 5.41) is 0.546. The summed E-state index contributed by atoms with van der Waals surface area (Å²) in [7, 11) is 0. The zero-order valence-corrected chi connectivity index (χ0v) is 9.53. The molecule has 0 unspecified atom stereocenters. The van der Waals surface area contributed by atoms with Gasteiger partial charge in [-0.25, -0.2) is 4.98 Å². The van der Waals surface area contributed by atoms with E-state index in [1.807, 2.05) is 19.1 Å². The Hall–Kier alpha value is -1.74. The molecule has 1 aromatic carbocycles. The Morgan fingerprint density at radius 1 is 1.31 bits per heavy atom. The molecule has 2 N–H and O–H groups in total. The van der Waals surface area contributed by atoms with Crippen molar-refractivity contribution in [3.8, 4) is 11.6 Å². The third-order valence-corrected chi connectivity index (χ3v) is 2.39. The van der Waals surface area contributed by atoms with Gasteiger partial charge in [0.25, 0.3) is 0 Å². The van der Waals surface area contributed by atoms with E-state index in [0.717, 1.165) is 5.56 Å². The summed E-state index contributed by atoms with van der Waals surface area (Å²) >= 11 is 6.04. The lowest BCUT2D eigenvalue weighted by Gasteiger charge is -2.08. The first-order chi connectivity index (χ1) is 7.66. The van der Waals surface area contributed by atoms with Crippen molar-refractivity contribution >= 4 is 17.3 Å². The van der Waals surface area contributed by atoms with Crippen LogP contribution in [0.15, 0.2) is 36.5 Å². The van der Waals surface area contributed by atoms with E-state index in [-0.39, 0.29) is 0 Å². The van der Waals surface area contributed by atoms with Crippen LogP contribution in [0, 0.1) is 6.92 Å². The van der Waals surface area contributed by atoms with Gasteiger partial charge in [0.2, 0.25) is 5.88 Å². The lowest BCUT2D eigenvalue weighted by Crippen LogP contribution is -1.94. The van der Waals surface area contributed by atoms with Crippen LogP contribution in [0.25, 0.3) is 0 Å². The predicted molar refractivity (Wildman–Crippen MR) is 64.9 cm³/mol. The number of aryl methyl sites for hydroxylation is 1. The summed E-state index contributed by atoms with van der Waals surface area (Å²) < 4.78 is 5.53. The SMILES string of the molecule is Cc1ccc(Oc2ncccc2N)c(Cl)c1. The maximum Gasteiger partial charge on any atom is 0.242 e. The van der Waals surface area contributed by atoms with Gasteiger partial charge in [-0.2, -0.15) is 0 Å². The van der Waals surface area contributed by atoms with Crippen molar-refractivity contribution in [1.82, 2.24) is 4.98 Å². The Bertz CT molecular complexity index is 514. The van der Waals surface area contributed by atoms with Gasteiger partial charge in [0, 0.05) is 6.20 Å². The summed E-state index contributed by atoms with van der Waals surface area (Å²) in [6.45, 7) is 1.96. The van der Waals surface area contributed by atoms with E-state index in [2.05, 4.69) is 4.98 Å².